The van der Waals surface area contributed by atoms with Crippen molar-refractivity contribution in [3.05, 3.63) is 111 Å². The number of carbonyl (C=O) groups excluding carboxylic acids is 2. The van der Waals surface area contributed by atoms with E-state index in [0.29, 0.717) is 48.1 Å². The third-order valence-corrected chi connectivity index (χ3v) is 8.62. The van der Waals surface area contributed by atoms with Crippen molar-refractivity contribution in [2.75, 3.05) is 44.6 Å². The number of methoxy groups -OCH3 is 3. The van der Waals surface area contributed by atoms with Crippen LogP contribution in [0.15, 0.2) is 77.6 Å². The highest BCUT2D eigenvalue weighted by Gasteiger charge is 2.35. The van der Waals surface area contributed by atoms with Crippen molar-refractivity contribution in [3.63, 3.8) is 0 Å². The van der Waals surface area contributed by atoms with E-state index in [2.05, 4.69) is 15.5 Å². The zero-order valence-electron chi connectivity index (χ0n) is 25.8. The van der Waals surface area contributed by atoms with Gasteiger partial charge >= 0.3 is 0 Å². The maximum Gasteiger partial charge on any atom is 0.255 e. The second-order valence-corrected chi connectivity index (χ2v) is 11.5. The number of aromatic nitrogens is 1. The van der Waals surface area contributed by atoms with Gasteiger partial charge in [-0.25, -0.2) is 4.39 Å². The first kappa shape index (κ1) is 30.7. The number of amides is 2. The largest absolute Gasteiger partial charge is 0.493 e. The van der Waals surface area contributed by atoms with Crippen molar-refractivity contribution in [2.45, 2.75) is 25.4 Å². The van der Waals surface area contributed by atoms with Gasteiger partial charge in [0.05, 0.1) is 32.7 Å². The second-order valence-electron chi connectivity index (χ2n) is 11.5. The molecular weight excluding hydrogens is 591 g/mol. The van der Waals surface area contributed by atoms with Crippen molar-refractivity contribution in [1.82, 2.24) is 9.88 Å². The molecule has 3 heterocycles. The predicted molar refractivity (Wildman–Crippen MR) is 172 cm³/mol. The minimum absolute atomic E-state index is 0.00922. The monoisotopic (exact) mass is 626 g/mol. The molecule has 1 saturated heterocycles. The minimum Gasteiger partial charge on any atom is -0.493 e. The van der Waals surface area contributed by atoms with Gasteiger partial charge in [-0.15, -0.1) is 0 Å². The van der Waals surface area contributed by atoms with E-state index in [9.17, 15) is 18.8 Å². The first-order valence-corrected chi connectivity index (χ1v) is 15.0. The summed E-state index contributed by atoms with van der Waals surface area (Å²) < 4.78 is 31.5. The van der Waals surface area contributed by atoms with E-state index in [0.717, 1.165) is 23.4 Å². The Morgan fingerprint density at radius 3 is 2.28 bits per heavy atom. The average molecular weight is 627 g/mol. The summed E-state index contributed by atoms with van der Waals surface area (Å²) in [6.07, 6.45) is 0.969. The molecule has 0 aliphatic carbocycles. The molecule has 10 nitrogen and oxygen atoms in total. The molecule has 238 valence electrons. The summed E-state index contributed by atoms with van der Waals surface area (Å²) in [7, 11) is 4.44. The molecule has 46 heavy (non-hydrogen) atoms. The molecule has 2 atom stereocenters. The summed E-state index contributed by atoms with van der Waals surface area (Å²) >= 11 is 0. The van der Waals surface area contributed by atoms with E-state index in [1.807, 2.05) is 16.7 Å². The van der Waals surface area contributed by atoms with E-state index < -0.39 is 5.91 Å². The molecule has 3 aromatic carbocycles. The average Bonchev–Trinajstić information content (AvgIpc) is 3.07. The van der Waals surface area contributed by atoms with Crippen molar-refractivity contribution >= 4 is 23.2 Å². The van der Waals surface area contributed by atoms with Crippen molar-refractivity contribution in [1.29, 1.82) is 0 Å². The topological polar surface area (TPSA) is 111 Å². The summed E-state index contributed by atoms with van der Waals surface area (Å²) in [5, 5.41) is 5.89. The standard InChI is InChI=1S/C35H35FN4O6/c1-44-30-15-24(16-31(45-2)33(30)46-3)35(43)38-27-14-23(34(42)37-17-21-7-10-26(36)11-8-21)9-12-29(27)39-18-22-13-25(20-39)28-5-4-6-32(41)40(28)19-22/h4-12,14-16,22,25H,13,17-20H2,1-3H3,(H,37,42)(H,38,43). The summed E-state index contributed by atoms with van der Waals surface area (Å²) in [5.41, 5.74) is 3.61. The normalized spacial score (nSPS) is 16.7. The fraction of sp³-hybridized carbons (Fsp3) is 0.286. The van der Waals surface area contributed by atoms with Gasteiger partial charge in [0.1, 0.15) is 5.82 Å². The van der Waals surface area contributed by atoms with Crippen molar-refractivity contribution < 1.29 is 28.2 Å². The van der Waals surface area contributed by atoms with Crippen LogP contribution in [0, 0.1) is 11.7 Å². The number of nitrogens with one attached hydrogen (secondary N) is 2. The second kappa shape index (κ2) is 13.0. The quantitative estimate of drug-likeness (QED) is 0.274. The third kappa shape index (κ3) is 6.13. The molecule has 2 amide bonds. The zero-order chi connectivity index (χ0) is 32.4. The van der Waals surface area contributed by atoms with Gasteiger partial charge in [-0.2, -0.15) is 0 Å². The van der Waals surface area contributed by atoms with Gasteiger partial charge in [0.25, 0.3) is 17.4 Å². The van der Waals surface area contributed by atoms with Crippen LogP contribution < -0.4 is 35.3 Å². The van der Waals surface area contributed by atoms with Crippen LogP contribution in [0.4, 0.5) is 15.8 Å². The smallest absolute Gasteiger partial charge is 0.255 e. The van der Waals surface area contributed by atoms with Crippen LogP contribution in [-0.4, -0.2) is 50.8 Å². The van der Waals surface area contributed by atoms with Gasteiger partial charge in [0.2, 0.25) is 5.75 Å². The molecule has 2 aliphatic rings. The summed E-state index contributed by atoms with van der Waals surface area (Å²) in [4.78, 5) is 41.8. The van der Waals surface area contributed by atoms with Crippen molar-refractivity contribution in [2.24, 2.45) is 5.92 Å². The maximum atomic E-state index is 13.8. The fourth-order valence-corrected chi connectivity index (χ4v) is 6.44. The van der Waals surface area contributed by atoms with E-state index in [1.165, 1.54) is 33.5 Å². The number of halogens is 1. The number of hydrogen-bond acceptors (Lipinski definition) is 7. The minimum atomic E-state index is -0.432. The number of fused-ring (bicyclic) bond motifs is 4. The molecule has 0 saturated carbocycles. The number of anilines is 2. The van der Waals surface area contributed by atoms with E-state index in [4.69, 9.17) is 14.2 Å². The van der Waals surface area contributed by atoms with E-state index in [1.54, 1.807) is 48.5 Å². The van der Waals surface area contributed by atoms with Crippen LogP contribution in [0.3, 0.4) is 0 Å². The van der Waals surface area contributed by atoms with E-state index >= 15 is 0 Å². The van der Waals surface area contributed by atoms with Crippen LogP contribution >= 0.6 is 0 Å². The Morgan fingerprint density at radius 2 is 1.59 bits per heavy atom. The number of carbonyl (C=O) groups is 2. The zero-order valence-corrected chi connectivity index (χ0v) is 25.8. The molecule has 0 radical (unpaired) electrons. The maximum absolute atomic E-state index is 13.8. The Labute approximate surface area is 265 Å². The number of benzene rings is 3. The SMILES string of the molecule is COc1cc(C(=O)Nc2cc(C(=O)NCc3ccc(F)cc3)ccc2N2CC3CC(C2)c2cccc(=O)n2C3)cc(OC)c1OC. The van der Waals surface area contributed by atoms with Gasteiger partial charge in [-0.3, -0.25) is 14.4 Å². The molecule has 6 rings (SSSR count). The Kier molecular flexibility index (Phi) is 8.65. The molecule has 1 aromatic heterocycles. The highest BCUT2D eigenvalue weighted by molar-refractivity contribution is 6.08. The lowest BCUT2D eigenvalue weighted by Gasteiger charge is -2.44. The molecule has 11 heteroatoms. The number of nitrogens with zero attached hydrogens (tertiary/aromatic N) is 2. The van der Waals surface area contributed by atoms with Gasteiger partial charge in [-0.05, 0) is 66.4 Å². The third-order valence-electron chi connectivity index (χ3n) is 8.62. The van der Waals surface area contributed by atoms with Crippen molar-refractivity contribution in [3.8, 4) is 17.2 Å². The molecule has 2 unspecified atom stereocenters. The van der Waals surface area contributed by atoms with Gasteiger partial charge < -0.3 is 34.3 Å². The van der Waals surface area contributed by atoms with Gasteiger partial charge in [-0.1, -0.05) is 18.2 Å². The number of piperidine rings is 1. The molecular formula is C35H35FN4O6. The molecule has 4 aromatic rings. The molecule has 2 N–H and O–H groups in total. The van der Waals surface area contributed by atoms with Crippen LogP contribution in [0.2, 0.25) is 0 Å². The van der Waals surface area contributed by atoms with Crippen LogP contribution in [0.5, 0.6) is 17.2 Å². The molecule has 2 aliphatic heterocycles. The summed E-state index contributed by atoms with van der Waals surface area (Å²) in [6.45, 7) is 2.16. The molecule has 2 bridgehead atoms. The lowest BCUT2D eigenvalue weighted by Crippen LogP contribution is -2.47. The Morgan fingerprint density at radius 1 is 0.848 bits per heavy atom. The summed E-state index contributed by atoms with van der Waals surface area (Å²) in [5.74, 6) is 0.276. The number of pyridine rings is 1. The van der Waals surface area contributed by atoms with Crippen LogP contribution in [0.1, 0.15) is 44.3 Å². The number of hydrogen-bond donors (Lipinski definition) is 2. The van der Waals surface area contributed by atoms with Gasteiger partial charge in [0.15, 0.2) is 11.5 Å². The lowest BCUT2D eigenvalue weighted by atomic mass is 9.83. The van der Waals surface area contributed by atoms with E-state index in [-0.39, 0.29) is 41.2 Å². The number of rotatable bonds is 9. The first-order valence-electron chi connectivity index (χ1n) is 15.0. The fourth-order valence-electron chi connectivity index (χ4n) is 6.44. The highest BCUT2D eigenvalue weighted by atomic mass is 19.1. The number of ether oxygens (including phenoxy) is 3. The Balaban J connectivity index is 1.32. The highest BCUT2D eigenvalue weighted by Crippen LogP contribution is 2.41. The first-order chi connectivity index (χ1) is 22.3. The lowest BCUT2D eigenvalue weighted by molar-refractivity contribution is 0.0949. The molecule has 0 spiro atoms. The Hall–Kier alpha value is -5.32. The van der Waals surface area contributed by atoms with Crippen LogP contribution in [-0.2, 0) is 13.1 Å². The summed E-state index contributed by atoms with van der Waals surface area (Å²) in [6, 6.07) is 19.7. The Bertz CT molecular complexity index is 1820. The molecule has 1 fully saturated rings. The predicted octanol–water partition coefficient (Wildman–Crippen LogP) is 4.82. The van der Waals surface area contributed by atoms with Crippen LogP contribution in [0.25, 0.3) is 0 Å². The van der Waals surface area contributed by atoms with Gasteiger partial charge in [0, 0.05) is 55.0 Å².